The van der Waals surface area contributed by atoms with Gasteiger partial charge in [-0.25, -0.2) is 12.7 Å². The number of aliphatic hydroxyl groups is 2. The van der Waals surface area contributed by atoms with Crippen LogP contribution in [0.4, 0.5) is 0 Å². The number of ketones is 1. The van der Waals surface area contributed by atoms with Crippen LogP contribution in [0.25, 0.3) is 0 Å². The third-order valence-corrected chi connectivity index (χ3v) is 6.20. The van der Waals surface area contributed by atoms with Crippen molar-refractivity contribution in [1.82, 2.24) is 14.9 Å². The maximum atomic E-state index is 11.9. The monoisotopic (exact) mass is 421 g/mol. The van der Waals surface area contributed by atoms with Crippen LogP contribution in [-0.4, -0.2) is 85.7 Å². The number of nitrogens with one attached hydrogen (secondary N) is 2. The van der Waals surface area contributed by atoms with Gasteiger partial charge in [0.2, 0.25) is 21.7 Å². The number of rotatable bonds is 10. The number of Topliss-reactive ketones (excluding diaryl/α,β-unsaturated/α-hetero) is 1. The van der Waals surface area contributed by atoms with Crippen LogP contribution >= 0.6 is 0 Å². The van der Waals surface area contributed by atoms with E-state index in [2.05, 4.69) is 10.6 Å². The Morgan fingerprint density at radius 3 is 2.25 bits per heavy atom. The lowest BCUT2D eigenvalue weighted by Crippen LogP contribution is -2.46. The number of amides is 2. The van der Waals surface area contributed by atoms with Gasteiger partial charge >= 0.3 is 0 Å². The summed E-state index contributed by atoms with van der Waals surface area (Å²) in [5.41, 5.74) is -1.02. The van der Waals surface area contributed by atoms with Gasteiger partial charge in [-0.05, 0) is 18.8 Å². The fourth-order valence-corrected chi connectivity index (χ4v) is 3.61. The molecule has 2 amide bonds. The highest BCUT2D eigenvalue weighted by Gasteiger charge is 2.33. The maximum absolute atomic E-state index is 11.9. The summed E-state index contributed by atoms with van der Waals surface area (Å²) < 4.78 is 24.3. The van der Waals surface area contributed by atoms with Gasteiger partial charge in [0.1, 0.15) is 6.10 Å². The predicted molar refractivity (Wildman–Crippen MR) is 102 cm³/mol. The zero-order valence-electron chi connectivity index (χ0n) is 16.6. The minimum absolute atomic E-state index is 0.101. The molecule has 1 aliphatic heterocycles. The van der Waals surface area contributed by atoms with E-state index in [1.807, 2.05) is 0 Å². The molecule has 11 heteroatoms. The van der Waals surface area contributed by atoms with Gasteiger partial charge in [-0.1, -0.05) is 13.8 Å². The van der Waals surface area contributed by atoms with Crippen molar-refractivity contribution in [1.29, 1.82) is 0 Å². The lowest BCUT2D eigenvalue weighted by atomic mass is 9.87. The highest BCUT2D eigenvalue weighted by molar-refractivity contribution is 7.88. The zero-order valence-corrected chi connectivity index (χ0v) is 17.4. The minimum Gasteiger partial charge on any atom is -0.396 e. The predicted octanol–water partition coefficient (Wildman–Crippen LogP) is -1.77. The molecule has 0 saturated carbocycles. The minimum atomic E-state index is -3.20. The van der Waals surface area contributed by atoms with E-state index in [0.717, 1.165) is 6.26 Å². The average molecular weight is 422 g/mol. The molecule has 1 rings (SSSR count). The Bertz CT molecular complexity index is 670. The second-order valence-corrected chi connectivity index (χ2v) is 9.81. The van der Waals surface area contributed by atoms with E-state index in [4.69, 9.17) is 5.11 Å². The molecule has 0 aromatic heterocycles. The van der Waals surface area contributed by atoms with Crippen LogP contribution in [0.15, 0.2) is 0 Å². The molecule has 162 valence electrons. The largest absolute Gasteiger partial charge is 0.396 e. The number of hydrogen-bond donors (Lipinski definition) is 4. The van der Waals surface area contributed by atoms with Gasteiger partial charge in [-0.3, -0.25) is 14.4 Å². The molecule has 10 nitrogen and oxygen atoms in total. The van der Waals surface area contributed by atoms with Gasteiger partial charge in [0.25, 0.3) is 5.91 Å². The van der Waals surface area contributed by atoms with Crippen LogP contribution in [0.5, 0.6) is 0 Å². The molecule has 28 heavy (non-hydrogen) atoms. The summed E-state index contributed by atoms with van der Waals surface area (Å²) in [7, 11) is -3.20. The highest BCUT2D eigenvalue weighted by atomic mass is 32.2. The third kappa shape index (κ3) is 7.46. The van der Waals surface area contributed by atoms with Crippen LogP contribution in [0.3, 0.4) is 0 Å². The summed E-state index contributed by atoms with van der Waals surface area (Å²) in [6, 6.07) is 0. The Morgan fingerprint density at radius 2 is 1.75 bits per heavy atom. The molecule has 1 heterocycles. The van der Waals surface area contributed by atoms with Crippen molar-refractivity contribution < 1.29 is 33.0 Å². The van der Waals surface area contributed by atoms with E-state index in [9.17, 15) is 27.9 Å². The lowest BCUT2D eigenvalue weighted by molar-refractivity contribution is -0.139. The fraction of sp³-hybridized carbons (Fsp3) is 0.824. The summed E-state index contributed by atoms with van der Waals surface area (Å²) in [4.78, 5) is 35.5. The van der Waals surface area contributed by atoms with Gasteiger partial charge in [-0.2, -0.15) is 0 Å². The number of nitrogens with zero attached hydrogens (tertiary/aromatic N) is 1. The molecule has 0 radical (unpaired) electrons. The van der Waals surface area contributed by atoms with E-state index in [1.54, 1.807) is 0 Å². The van der Waals surface area contributed by atoms with Crippen molar-refractivity contribution in [3.63, 3.8) is 0 Å². The van der Waals surface area contributed by atoms with Crippen molar-refractivity contribution >= 4 is 27.6 Å². The van der Waals surface area contributed by atoms with Gasteiger partial charge in [0.05, 0.1) is 12.9 Å². The van der Waals surface area contributed by atoms with Crippen LogP contribution in [0, 0.1) is 11.3 Å². The number of carbonyl (C=O) groups excluding carboxylic acids is 3. The van der Waals surface area contributed by atoms with E-state index >= 15 is 0 Å². The second kappa shape index (κ2) is 10.3. The zero-order chi connectivity index (χ0) is 21.5. The normalized spacial score (nSPS) is 17.8. The Labute approximate surface area is 165 Å². The molecule has 0 aromatic rings. The molecule has 0 aromatic carbocycles. The van der Waals surface area contributed by atoms with Gasteiger partial charge < -0.3 is 20.8 Å². The van der Waals surface area contributed by atoms with Crippen LogP contribution in [-0.2, 0) is 24.4 Å². The summed E-state index contributed by atoms with van der Waals surface area (Å²) >= 11 is 0. The molecule has 1 saturated heterocycles. The SMILES string of the molecule is CC(C)(CO)[C@@H](O)C(=O)NCCC(=O)C(=O)NCC1CCN(S(C)(=O)=O)CC1. The van der Waals surface area contributed by atoms with Gasteiger partial charge in [-0.15, -0.1) is 0 Å². The summed E-state index contributed by atoms with van der Waals surface area (Å²) in [5.74, 6) is -2.06. The van der Waals surface area contributed by atoms with Crippen LogP contribution in [0.2, 0.25) is 0 Å². The Kier molecular flexibility index (Phi) is 8.99. The number of sulfonamides is 1. The Morgan fingerprint density at radius 1 is 1.18 bits per heavy atom. The summed E-state index contributed by atoms with van der Waals surface area (Å²) in [5, 5.41) is 23.9. The number of hydrogen-bond acceptors (Lipinski definition) is 7. The molecule has 1 fully saturated rings. The first-order chi connectivity index (χ1) is 12.9. The lowest BCUT2D eigenvalue weighted by Gasteiger charge is -2.30. The maximum Gasteiger partial charge on any atom is 0.287 e. The highest BCUT2D eigenvalue weighted by Crippen LogP contribution is 2.19. The Hall–Kier alpha value is -1.56. The molecule has 1 aliphatic rings. The molecule has 0 aliphatic carbocycles. The molecule has 1 atom stereocenters. The number of carbonyl (C=O) groups is 3. The molecule has 0 unspecified atom stereocenters. The van der Waals surface area contributed by atoms with Crippen LogP contribution < -0.4 is 10.6 Å². The third-order valence-electron chi connectivity index (χ3n) is 4.89. The smallest absolute Gasteiger partial charge is 0.287 e. The number of aliphatic hydroxyl groups excluding tert-OH is 2. The van der Waals surface area contributed by atoms with Crippen molar-refractivity contribution in [3.05, 3.63) is 0 Å². The first-order valence-corrected chi connectivity index (χ1v) is 11.1. The van der Waals surface area contributed by atoms with Crippen molar-refractivity contribution in [2.24, 2.45) is 11.3 Å². The molecule has 4 N–H and O–H groups in total. The number of piperidine rings is 1. The first kappa shape index (κ1) is 24.5. The van der Waals surface area contributed by atoms with Crippen LogP contribution in [0.1, 0.15) is 33.1 Å². The van der Waals surface area contributed by atoms with Gasteiger partial charge in [0, 0.05) is 38.0 Å². The molecule has 0 spiro atoms. The van der Waals surface area contributed by atoms with Crippen molar-refractivity contribution in [2.45, 2.75) is 39.2 Å². The topological polar surface area (TPSA) is 153 Å². The van der Waals surface area contributed by atoms with Crippen molar-refractivity contribution in [3.8, 4) is 0 Å². The van der Waals surface area contributed by atoms with E-state index < -0.39 is 39.1 Å². The van der Waals surface area contributed by atoms with E-state index in [-0.39, 0.29) is 32.0 Å². The van der Waals surface area contributed by atoms with E-state index in [0.29, 0.717) is 25.9 Å². The van der Waals surface area contributed by atoms with Gasteiger partial charge in [0.15, 0.2) is 0 Å². The summed E-state index contributed by atoms with van der Waals surface area (Å²) in [6.07, 6.45) is 0.734. The van der Waals surface area contributed by atoms with Crippen molar-refractivity contribution in [2.75, 3.05) is 39.0 Å². The fourth-order valence-electron chi connectivity index (χ4n) is 2.73. The summed E-state index contributed by atoms with van der Waals surface area (Å²) in [6.45, 7) is 3.64. The molecular weight excluding hydrogens is 390 g/mol. The quantitative estimate of drug-likeness (QED) is 0.304. The van der Waals surface area contributed by atoms with E-state index in [1.165, 1.54) is 18.2 Å². The second-order valence-electron chi connectivity index (χ2n) is 7.83. The average Bonchev–Trinajstić information content (AvgIpc) is 2.64. The Balaban J connectivity index is 2.29. The molecule has 0 bridgehead atoms. The standard InChI is InChI=1S/C17H31N3O7S/c1-17(2,11-21)14(23)16(25)18-7-4-13(22)15(24)19-10-12-5-8-20(9-6-12)28(3,26)27/h12,14,21,23H,4-11H2,1-3H3,(H,18,25)(H,19,24)/t14-/m0/s1. The molecular formula is C17H31N3O7S. The first-order valence-electron chi connectivity index (χ1n) is 9.21.